The fourth-order valence-corrected chi connectivity index (χ4v) is 6.44. The van der Waals surface area contributed by atoms with Crippen molar-refractivity contribution < 1.29 is 24.2 Å². The Labute approximate surface area is 186 Å². The number of benzene rings is 1. The Morgan fingerprint density at radius 1 is 1.27 bits per heavy atom. The highest BCUT2D eigenvalue weighted by Crippen LogP contribution is 2.62. The maximum atomic E-state index is 12.6. The molecule has 1 aliphatic heterocycles. The number of carbonyl (C=O) groups excluding carboxylic acids is 2. The van der Waals surface area contributed by atoms with Crippen molar-refractivity contribution in [2.75, 3.05) is 11.9 Å². The molecule has 0 spiro atoms. The van der Waals surface area contributed by atoms with Gasteiger partial charge in [-0.15, -0.1) is 0 Å². The first kappa shape index (κ1) is 21.7. The van der Waals surface area contributed by atoms with Crippen molar-refractivity contribution in [1.29, 1.82) is 0 Å². The Balaban J connectivity index is 1.50. The molecular formula is C22H27Cl2NO5. The van der Waals surface area contributed by atoms with Crippen LogP contribution in [-0.2, 0) is 14.3 Å². The summed E-state index contributed by atoms with van der Waals surface area (Å²) < 4.78 is 11.4. The number of halogens is 2. The van der Waals surface area contributed by atoms with E-state index in [-0.39, 0.29) is 35.9 Å². The van der Waals surface area contributed by atoms with Gasteiger partial charge in [0, 0.05) is 17.0 Å². The summed E-state index contributed by atoms with van der Waals surface area (Å²) in [6, 6.07) is 4.82. The highest BCUT2D eigenvalue weighted by Gasteiger charge is 2.62. The lowest BCUT2D eigenvalue weighted by Gasteiger charge is -2.59. The summed E-state index contributed by atoms with van der Waals surface area (Å²) in [5.74, 6) is 0.153. The van der Waals surface area contributed by atoms with Crippen LogP contribution in [0.15, 0.2) is 18.2 Å². The molecule has 1 amide bonds. The predicted octanol–water partition coefficient (Wildman–Crippen LogP) is 5.05. The summed E-state index contributed by atoms with van der Waals surface area (Å²) in [6.07, 6.45) is 2.43. The number of fused-ring (bicyclic) bond motifs is 3. The molecule has 0 bridgehead atoms. The maximum absolute atomic E-state index is 12.6. The number of anilines is 1. The zero-order chi connectivity index (χ0) is 21.7. The summed E-state index contributed by atoms with van der Waals surface area (Å²) in [7, 11) is 0. The molecule has 0 aromatic heterocycles. The summed E-state index contributed by atoms with van der Waals surface area (Å²) in [4.78, 5) is 24.5. The Bertz CT molecular complexity index is 864. The van der Waals surface area contributed by atoms with Crippen LogP contribution in [0.2, 0.25) is 10.0 Å². The van der Waals surface area contributed by atoms with Crippen LogP contribution in [0.4, 0.5) is 10.5 Å². The molecule has 3 fully saturated rings. The first-order chi connectivity index (χ1) is 14.2. The lowest BCUT2D eigenvalue weighted by atomic mass is 9.46. The quantitative estimate of drug-likeness (QED) is 0.622. The van der Waals surface area contributed by atoms with Crippen molar-refractivity contribution in [2.45, 2.75) is 58.2 Å². The standard InChI is InChI=1S/C22H27Cl2NO5/c1-21-8-7-18(30-20(28)25-12-3-4-14(23)15(24)9-12)22(2,11-26)17(21)6-5-16-13(21)10-19(27)29-16/h3-4,9,13,16-18,26H,5-8,10-11H2,1-2H3,(H,25,28)/t13-,16-,17?,18-,21+,22+/m1/s1. The third-order valence-corrected chi connectivity index (χ3v) is 8.47. The molecule has 3 aliphatic rings. The van der Waals surface area contributed by atoms with E-state index in [0.717, 1.165) is 19.3 Å². The van der Waals surface area contributed by atoms with E-state index in [1.165, 1.54) is 0 Å². The van der Waals surface area contributed by atoms with Crippen LogP contribution in [0.3, 0.4) is 0 Å². The SMILES string of the molecule is C[C@]1(CO)C2CC[C@H]3OC(=O)C[C@H]3[C@]2(C)CC[C@H]1OC(=O)Nc1ccc(Cl)c(Cl)c1. The van der Waals surface area contributed by atoms with Gasteiger partial charge in [-0.2, -0.15) is 0 Å². The van der Waals surface area contributed by atoms with Gasteiger partial charge in [0.15, 0.2) is 0 Å². The topological polar surface area (TPSA) is 84.9 Å². The van der Waals surface area contributed by atoms with Crippen molar-refractivity contribution in [3.8, 4) is 0 Å². The number of ether oxygens (including phenoxy) is 2. The first-order valence-corrected chi connectivity index (χ1v) is 11.2. The van der Waals surface area contributed by atoms with Gasteiger partial charge in [-0.1, -0.05) is 37.0 Å². The number of aliphatic hydroxyl groups is 1. The smallest absolute Gasteiger partial charge is 0.411 e. The van der Waals surface area contributed by atoms with Crippen molar-refractivity contribution >= 4 is 41.0 Å². The average Bonchev–Trinajstić information content (AvgIpc) is 3.09. The van der Waals surface area contributed by atoms with Crippen LogP contribution < -0.4 is 5.32 Å². The van der Waals surface area contributed by atoms with Gasteiger partial charge in [-0.05, 0) is 55.2 Å². The number of rotatable bonds is 3. The van der Waals surface area contributed by atoms with Crippen LogP contribution in [0.5, 0.6) is 0 Å². The second-order valence-corrected chi connectivity index (χ2v) is 10.1. The number of hydrogen-bond acceptors (Lipinski definition) is 5. The molecule has 1 aromatic carbocycles. The van der Waals surface area contributed by atoms with E-state index in [9.17, 15) is 14.7 Å². The van der Waals surface area contributed by atoms with Crippen molar-refractivity contribution in [2.24, 2.45) is 22.7 Å². The molecule has 164 valence electrons. The Morgan fingerprint density at radius 2 is 2.03 bits per heavy atom. The summed E-state index contributed by atoms with van der Waals surface area (Å²) in [6.45, 7) is 4.10. The second-order valence-electron chi connectivity index (χ2n) is 9.33. The molecule has 30 heavy (non-hydrogen) atoms. The molecule has 1 heterocycles. The second kappa shape index (κ2) is 7.88. The first-order valence-electron chi connectivity index (χ1n) is 10.4. The molecule has 4 rings (SSSR count). The fraction of sp³-hybridized carbons (Fsp3) is 0.636. The van der Waals surface area contributed by atoms with E-state index in [4.69, 9.17) is 32.7 Å². The zero-order valence-electron chi connectivity index (χ0n) is 17.1. The Hall–Kier alpha value is -1.50. The molecule has 2 aliphatic carbocycles. The van der Waals surface area contributed by atoms with E-state index in [0.29, 0.717) is 28.6 Å². The molecule has 1 unspecified atom stereocenters. The molecule has 1 saturated heterocycles. The molecule has 1 aromatic rings. The van der Waals surface area contributed by atoms with Crippen LogP contribution >= 0.6 is 23.2 Å². The van der Waals surface area contributed by atoms with Crippen LogP contribution in [-0.4, -0.2) is 36.0 Å². The molecule has 0 radical (unpaired) electrons. The largest absolute Gasteiger partial charge is 0.462 e. The molecule has 2 N–H and O–H groups in total. The Kier molecular flexibility index (Phi) is 5.71. The van der Waals surface area contributed by atoms with Gasteiger partial charge in [0.2, 0.25) is 0 Å². The van der Waals surface area contributed by atoms with E-state index < -0.39 is 17.6 Å². The average molecular weight is 456 g/mol. The number of hydrogen-bond donors (Lipinski definition) is 2. The van der Waals surface area contributed by atoms with E-state index in [1.54, 1.807) is 18.2 Å². The predicted molar refractivity (Wildman–Crippen MR) is 114 cm³/mol. The summed E-state index contributed by atoms with van der Waals surface area (Å²) in [5.41, 5.74) is -0.242. The van der Waals surface area contributed by atoms with Gasteiger partial charge < -0.3 is 14.6 Å². The minimum absolute atomic E-state index is 0.0305. The maximum Gasteiger partial charge on any atom is 0.411 e. The lowest BCUT2D eigenvalue weighted by Crippen LogP contribution is -2.59. The van der Waals surface area contributed by atoms with Gasteiger partial charge in [0.05, 0.1) is 23.1 Å². The minimum atomic E-state index is -0.599. The number of carbonyl (C=O) groups is 2. The molecule has 6 atom stereocenters. The van der Waals surface area contributed by atoms with Gasteiger partial charge >= 0.3 is 12.1 Å². The number of esters is 1. The Morgan fingerprint density at radius 3 is 2.73 bits per heavy atom. The number of amides is 1. The third kappa shape index (κ3) is 3.57. The fourth-order valence-electron chi connectivity index (χ4n) is 6.14. The lowest BCUT2D eigenvalue weighted by molar-refractivity contribution is -0.174. The molecule has 6 nitrogen and oxygen atoms in total. The monoisotopic (exact) mass is 455 g/mol. The van der Waals surface area contributed by atoms with E-state index >= 15 is 0 Å². The third-order valence-electron chi connectivity index (χ3n) is 7.73. The van der Waals surface area contributed by atoms with Gasteiger partial charge in [0.1, 0.15) is 12.2 Å². The van der Waals surface area contributed by atoms with Crippen LogP contribution in [0, 0.1) is 22.7 Å². The summed E-state index contributed by atoms with van der Waals surface area (Å²) in [5, 5.41) is 13.8. The highest BCUT2D eigenvalue weighted by molar-refractivity contribution is 6.42. The number of aliphatic hydroxyl groups excluding tert-OH is 1. The molecule has 2 saturated carbocycles. The van der Waals surface area contributed by atoms with Gasteiger partial charge in [-0.3, -0.25) is 10.1 Å². The molecule has 8 heteroatoms. The van der Waals surface area contributed by atoms with E-state index in [2.05, 4.69) is 12.2 Å². The van der Waals surface area contributed by atoms with Crippen molar-refractivity contribution in [3.05, 3.63) is 28.2 Å². The van der Waals surface area contributed by atoms with Crippen molar-refractivity contribution in [3.63, 3.8) is 0 Å². The van der Waals surface area contributed by atoms with E-state index in [1.807, 2.05) is 6.92 Å². The van der Waals surface area contributed by atoms with Gasteiger partial charge in [0.25, 0.3) is 0 Å². The number of nitrogens with one attached hydrogen (secondary N) is 1. The van der Waals surface area contributed by atoms with Gasteiger partial charge in [-0.25, -0.2) is 4.79 Å². The van der Waals surface area contributed by atoms with Crippen molar-refractivity contribution in [1.82, 2.24) is 0 Å². The molecular weight excluding hydrogens is 429 g/mol. The zero-order valence-corrected chi connectivity index (χ0v) is 18.6. The normalized spacial score (nSPS) is 37.7. The highest BCUT2D eigenvalue weighted by atomic mass is 35.5. The van der Waals surface area contributed by atoms with Crippen LogP contribution in [0.25, 0.3) is 0 Å². The summed E-state index contributed by atoms with van der Waals surface area (Å²) >= 11 is 11.9. The van der Waals surface area contributed by atoms with Crippen LogP contribution in [0.1, 0.15) is 46.0 Å². The minimum Gasteiger partial charge on any atom is -0.462 e.